The van der Waals surface area contributed by atoms with Gasteiger partial charge in [-0.2, -0.15) is 0 Å². The predicted octanol–water partition coefficient (Wildman–Crippen LogP) is 4.06. The van der Waals surface area contributed by atoms with Crippen molar-refractivity contribution in [3.05, 3.63) is 102 Å². The molecule has 30 heavy (non-hydrogen) atoms. The fourth-order valence-corrected chi connectivity index (χ4v) is 4.58. The van der Waals surface area contributed by atoms with E-state index in [1.54, 1.807) is 37.3 Å². The Morgan fingerprint density at radius 1 is 0.833 bits per heavy atom. The van der Waals surface area contributed by atoms with Crippen molar-refractivity contribution >= 4 is 21.6 Å². The highest BCUT2D eigenvalue weighted by Crippen LogP contribution is 2.25. The number of hydrogen-bond donors (Lipinski definition) is 1. The summed E-state index contributed by atoms with van der Waals surface area (Å²) in [6.07, 6.45) is 1.11. The number of sulfonamides is 1. The summed E-state index contributed by atoms with van der Waals surface area (Å²) >= 11 is 0. The summed E-state index contributed by atoms with van der Waals surface area (Å²) < 4.78 is 26.1. The maximum Gasteiger partial charge on any atom is 0.244 e. The average Bonchev–Trinajstić information content (AvgIpc) is 2.73. The van der Waals surface area contributed by atoms with Gasteiger partial charge in [0.1, 0.15) is 6.04 Å². The molecule has 0 saturated heterocycles. The van der Waals surface area contributed by atoms with Gasteiger partial charge in [0.05, 0.1) is 18.0 Å². The SMILES string of the molecule is Cc1ccc([C@@H](NC(=O)[C@@H](C)N(c2ccccc2)S(C)(=O)=O)c2ccccc2)cc1. The van der Waals surface area contributed by atoms with E-state index in [0.717, 1.165) is 27.3 Å². The van der Waals surface area contributed by atoms with Crippen LogP contribution in [0.2, 0.25) is 0 Å². The number of carbonyl (C=O) groups is 1. The molecule has 156 valence electrons. The minimum absolute atomic E-state index is 0.376. The summed E-state index contributed by atoms with van der Waals surface area (Å²) in [4.78, 5) is 13.2. The Morgan fingerprint density at radius 2 is 1.33 bits per heavy atom. The maximum atomic E-state index is 13.2. The van der Waals surface area contributed by atoms with Crippen LogP contribution in [-0.2, 0) is 14.8 Å². The van der Waals surface area contributed by atoms with Crippen LogP contribution in [0.1, 0.15) is 29.7 Å². The smallest absolute Gasteiger partial charge is 0.244 e. The normalized spacial score (nSPS) is 13.3. The molecule has 1 amide bonds. The molecule has 3 aromatic rings. The molecule has 1 N–H and O–H groups in total. The fourth-order valence-electron chi connectivity index (χ4n) is 3.41. The van der Waals surface area contributed by atoms with Gasteiger partial charge in [-0.1, -0.05) is 78.4 Å². The molecule has 0 bridgehead atoms. The zero-order chi connectivity index (χ0) is 21.7. The number of anilines is 1. The molecule has 0 spiro atoms. The second kappa shape index (κ2) is 9.13. The Kier molecular flexibility index (Phi) is 6.57. The van der Waals surface area contributed by atoms with Crippen LogP contribution in [0.5, 0.6) is 0 Å². The standard InChI is InChI=1S/C24H26N2O3S/c1-18-14-16-21(17-15-18)23(20-10-6-4-7-11-20)25-24(27)19(2)26(30(3,28)29)22-12-8-5-9-13-22/h4-17,19,23H,1-3H3,(H,25,27)/t19-,23+/m1/s1. The molecule has 0 unspecified atom stereocenters. The molecule has 6 heteroatoms. The molecule has 2 atom stereocenters. The average molecular weight is 423 g/mol. The van der Waals surface area contributed by atoms with Crippen LogP contribution in [0.15, 0.2) is 84.9 Å². The number of hydrogen-bond acceptors (Lipinski definition) is 3. The molecule has 0 aliphatic heterocycles. The van der Waals surface area contributed by atoms with Crippen molar-refractivity contribution in [1.82, 2.24) is 5.32 Å². The fraction of sp³-hybridized carbons (Fsp3) is 0.208. The van der Waals surface area contributed by atoms with Crippen molar-refractivity contribution in [2.45, 2.75) is 25.9 Å². The molecular formula is C24H26N2O3S. The Bertz CT molecular complexity index is 1080. The van der Waals surface area contributed by atoms with E-state index in [2.05, 4.69) is 5.32 Å². The molecule has 3 aromatic carbocycles. The topological polar surface area (TPSA) is 66.5 Å². The number of nitrogens with one attached hydrogen (secondary N) is 1. The van der Waals surface area contributed by atoms with Gasteiger partial charge >= 0.3 is 0 Å². The number of carbonyl (C=O) groups excluding carboxylic acids is 1. The summed E-state index contributed by atoms with van der Waals surface area (Å²) in [5, 5.41) is 3.05. The van der Waals surface area contributed by atoms with Crippen LogP contribution >= 0.6 is 0 Å². The molecule has 0 fully saturated rings. The highest BCUT2D eigenvalue weighted by Gasteiger charge is 2.30. The lowest BCUT2D eigenvalue weighted by molar-refractivity contribution is -0.122. The third-order valence-corrected chi connectivity index (χ3v) is 6.17. The lowest BCUT2D eigenvalue weighted by atomic mass is 9.97. The van der Waals surface area contributed by atoms with Crippen molar-refractivity contribution in [3.8, 4) is 0 Å². The van der Waals surface area contributed by atoms with Crippen LogP contribution in [0, 0.1) is 6.92 Å². The van der Waals surface area contributed by atoms with E-state index < -0.39 is 16.1 Å². The second-order valence-electron chi connectivity index (χ2n) is 7.33. The highest BCUT2D eigenvalue weighted by atomic mass is 32.2. The van der Waals surface area contributed by atoms with Gasteiger partial charge in [-0.15, -0.1) is 0 Å². The van der Waals surface area contributed by atoms with Gasteiger partial charge in [-0.3, -0.25) is 9.10 Å². The van der Waals surface area contributed by atoms with E-state index in [9.17, 15) is 13.2 Å². The minimum atomic E-state index is -3.66. The number of rotatable bonds is 7. The maximum absolute atomic E-state index is 13.2. The molecular weight excluding hydrogens is 396 g/mol. The molecule has 0 heterocycles. The quantitative estimate of drug-likeness (QED) is 0.625. The Hall–Kier alpha value is -3.12. The highest BCUT2D eigenvalue weighted by molar-refractivity contribution is 7.92. The van der Waals surface area contributed by atoms with Gasteiger partial charge in [-0.05, 0) is 37.1 Å². The van der Waals surface area contributed by atoms with E-state index in [-0.39, 0.29) is 11.9 Å². The van der Waals surface area contributed by atoms with E-state index in [4.69, 9.17) is 0 Å². The summed E-state index contributed by atoms with van der Waals surface area (Å²) in [5.41, 5.74) is 3.43. The van der Waals surface area contributed by atoms with Gasteiger partial charge < -0.3 is 5.32 Å². The molecule has 5 nitrogen and oxygen atoms in total. The van der Waals surface area contributed by atoms with E-state index in [1.807, 2.05) is 61.5 Å². The van der Waals surface area contributed by atoms with Crippen LogP contribution < -0.4 is 9.62 Å². The van der Waals surface area contributed by atoms with Gasteiger partial charge in [0.25, 0.3) is 0 Å². The zero-order valence-corrected chi connectivity index (χ0v) is 18.1. The largest absolute Gasteiger partial charge is 0.343 e. The van der Waals surface area contributed by atoms with Crippen molar-refractivity contribution in [3.63, 3.8) is 0 Å². The zero-order valence-electron chi connectivity index (χ0n) is 17.3. The first-order valence-electron chi connectivity index (χ1n) is 9.73. The van der Waals surface area contributed by atoms with Crippen molar-refractivity contribution in [2.75, 3.05) is 10.6 Å². The molecule has 0 aliphatic carbocycles. The summed E-state index contributed by atoms with van der Waals surface area (Å²) in [6, 6.07) is 24.9. The van der Waals surface area contributed by atoms with Gasteiger partial charge in [0, 0.05) is 0 Å². The van der Waals surface area contributed by atoms with Gasteiger partial charge in [0.15, 0.2) is 0 Å². The van der Waals surface area contributed by atoms with Crippen LogP contribution in [0.3, 0.4) is 0 Å². The first-order chi connectivity index (χ1) is 14.3. The molecule has 0 saturated carbocycles. The van der Waals surface area contributed by atoms with Crippen LogP contribution in [0.25, 0.3) is 0 Å². The first kappa shape index (κ1) is 21.6. The monoisotopic (exact) mass is 422 g/mol. The Balaban J connectivity index is 1.93. The van der Waals surface area contributed by atoms with Crippen molar-refractivity contribution in [1.29, 1.82) is 0 Å². The lowest BCUT2D eigenvalue weighted by Crippen LogP contribution is -2.48. The van der Waals surface area contributed by atoms with Crippen molar-refractivity contribution < 1.29 is 13.2 Å². The minimum Gasteiger partial charge on any atom is -0.343 e. The number of nitrogens with zero attached hydrogens (tertiary/aromatic N) is 1. The number of aryl methyl sites for hydroxylation is 1. The summed E-state index contributed by atoms with van der Waals surface area (Å²) in [5.74, 6) is -0.376. The van der Waals surface area contributed by atoms with Crippen LogP contribution in [0.4, 0.5) is 5.69 Å². The third-order valence-electron chi connectivity index (χ3n) is 4.93. The number of para-hydroxylation sites is 1. The first-order valence-corrected chi connectivity index (χ1v) is 11.6. The summed E-state index contributed by atoms with van der Waals surface area (Å²) in [6.45, 7) is 3.60. The molecule has 0 aliphatic rings. The Morgan fingerprint density at radius 3 is 1.87 bits per heavy atom. The van der Waals surface area contributed by atoms with E-state index in [0.29, 0.717) is 5.69 Å². The van der Waals surface area contributed by atoms with E-state index in [1.165, 1.54) is 0 Å². The number of benzene rings is 3. The number of amides is 1. The predicted molar refractivity (Wildman–Crippen MR) is 121 cm³/mol. The molecule has 3 rings (SSSR count). The van der Waals surface area contributed by atoms with E-state index >= 15 is 0 Å². The van der Waals surface area contributed by atoms with Crippen LogP contribution in [-0.4, -0.2) is 26.6 Å². The lowest BCUT2D eigenvalue weighted by Gasteiger charge is -2.30. The van der Waals surface area contributed by atoms with Gasteiger partial charge in [0.2, 0.25) is 15.9 Å². The second-order valence-corrected chi connectivity index (χ2v) is 9.19. The van der Waals surface area contributed by atoms with Gasteiger partial charge in [-0.25, -0.2) is 8.42 Å². The summed E-state index contributed by atoms with van der Waals surface area (Å²) in [7, 11) is -3.66. The Labute approximate surface area is 178 Å². The molecule has 0 aromatic heterocycles. The third kappa shape index (κ3) is 5.07. The van der Waals surface area contributed by atoms with Crippen molar-refractivity contribution in [2.24, 2.45) is 0 Å². The molecule has 0 radical (unpaired) electrons.